The van der Waals surface area contributed by atoms with Gasteiger partial charge in [0.25, 0.3) is 0 Å². The molecule has 3 N–H and O–H groups in total. The topological polar surface area (TPSA) is 134 Å². The molecule has 0 aromatic rings. The highest BCUT2D eigenvalue weighted by Gasteiger charge is 2.26. The number of rotatable bonds is 50. The highest BCUT2D eigenvalue weighted by Crippen LogP contribution is 2.43. The molecule has 0 amide bonds. The summed E-state index contributed by atoms with van der Waals surface area (Å²) in [7, 11) is -4.39. The molecule has 0 spiro atoms. The van der Waals surface area contributed by atoms with Gasteiger partial charge in [0.05, 0.1) is 13.2 Å². The first kappa shape index (κ1) is 64.9. The van der Waals surface area contributed by atoms with E-state index in [1.54, 1.807) is 0 Å². The summed E-state index contributed by atoms with van der Waals surface area (Å²) in [6.45, 7) is 3.61. The Morgan fingerprint density at radius 1 is 0.456 bits per heavy atom. The number of unbranched alkanes of at least 4 members (excludes halogenated alkanes) is 21. The van der Waals surface area contributed by atoms with E-state index in [1.165, 1.54) is 96.3 Å². The van der Waals surface area contributed by atoms with E-state index in [0.717, 1.165) is 96.3 Å². The van der Waals surface area contributed by atoms with Crippen LogP contribution in [-0.4, -0.2) is 49.3 Å². The summed E-state index contributed by atoms with van der Waals surface area (Å²) in [6, 6.07) is 0. The molecule has 68 heavy (non-hydrogen) atoms. The second-order valence-corrected chi connectivity index (χ2v) is 19.2. The molecular weight excluding hydrogens is 870 g/mol. The minimum Gasteiger partial charge on any atom is -0.462 e. The van der Waals surface area contributed by atoms with E-state index in [0.29, 0.717) is 6.42 Å². The van der Waals surface area contributed by atoms with Crippen molar-refractivity contribution in [2.75, 3.05) is 26.4 Å². The normalized spacial score (nSPS) is 13.9. The van der Waals surface area contributed by atoms with E-state index in [2.05, 4.69) is 111 Å². The van der Waals surface area contributed by atoms with Gasteiger partial charge in [-0.2, -0.15) is 0 Å². The van der Waals surface area contributed by atoms with E-state index in [4.69, 9.17) is 24.3 Å². The minimum absolute atomic E-state index is 0.0499. The van der Waals surface area contributed by atoms with Gasteiger partial charge in [0.1, 0.15) is 6.61 Å². The Balaban J connectivity index is 3.96. The molecule has 0 aromatic carbocycles. The van der Waals surface area contributed by atoms with Crippen LogP contribution in [0.25, 0.3) is 0 Å². The number of carbonyl (C=O) groups excluding carboxylic acids is 2. The average molecular weight is 970 g/mol. The molecule has 0 bridgehead atoms. The lowest BCUT2D eigenvalue weighted by Gasteiger charge is -2.19. The van der Waals surface area contributed by atoms with Gasteiger partial charge in [-0.25, -0.2) is 4.57 Å². The first-order chi connectivity index (χ1) is 33.3. The predicted octanol–water partition coefficient (Wildman–Crippen LogP) is 16.9. The fourth-order valence-corrected chi connectivity index (χ4v) is 8.00. The Labute approximate surface area is 416 Å². The van der Waals surface area contributed by atoms with E-state index in [-0.39, 0.29) is 38.6 Å². The number of hydrogen-bond donors (Lipinski definition) is 2. The van der Waals surface area contributed by atoms with Crippen LogP contribution in [0.3, 0.4) is 0 Å². The summed E-state index contributed by atoms with van der Waals surface area (Å²) in [6.07, 6.45) is 70.3. The standard InChI is InChI=1S/C58H100NO8P/c1-3-5-7-9-11-13-15-17-18-19-20-21-22-23-24-25-26-27-28-29-30-31-32-33-34-35-36-37-38-39-41-43-45-47-49-51-58(61)67-56(55-66-68(62,63)65-53-52-59)54-64-57(60)50-48-46-44-42-40-16-14-12-10-8-6-4-2/h5,7,11,13,17-18,20-21,23-24,26-27,29-30,32-33,56H,3-4,6,8-10,12,14-16,19,22,25,28,31,34-55,59H2,1-2H3,(H,62,63)/b7-5-,13-11-,18-17-,21-20-,24-23-,27-26-,30-29-,33-32-. The van der Waals surface area contributed by atoms with Crippen molar-refractivity contribution in [3.63, 3.8) is 0 Å². The number of carbonyl (C=O) groups is 2. The Hall–Kier alpha value is -3.07. The van der Waals surface area contributed by atoms with Gasteiger partial charge in [-0.05, 0) is 77.0 Å². The van der Waals surface area contributed by atoms with Crippen LogP contribution < -0.4 is 5.73 Å². The number of phosphoric acid groups is 1. The maximum absolute atomic E-state index is 12.7. The van der Waals surface area contributed by atoms with E-state index < -0.39 is 26.5 Å². The van der Waals surface area contributed by atoms with Crippen molar-refractivity contribution in [2.24, 2.45) is 5.73 Å². The molecule has 0 radical (unpaired) electrons. The molecule has 10 heteroatoms. The monoisotopic (exact) mass is 970 g/mol. The first-order valence-corrected chi connectivity index (χ1v) is 28.7. The number of nitrogens with two attached hydrogens (primary N) is 1. The highest BCUT2D eigenvalue weighted by molar-refractivity contribution is 7.47. The van der Waals surface area contributed by atoms with E-state index >= 15 is 0 Å². The molecule has 9 nitrogen and oxygen atoms in total. The molecule has 0 rings (SSSR count). The molecule has 2 atom stereocenters. The van der Waals surface area contributed by atoms with Crippen LogP contribution >= 0.6 is 7.82 Å². The summed E-state index contributed by atoms with van der Waals surface area (Å²) in [5.74, 6) is -0.834. The third kappa shape index (κ3) is 52.3. The van der Waals surface area contributed by atoms with Gasteiger partial charge in [-0.15, -0.1) is 0 Å². The second kappa shape index (κ2) is 53.3. The van der Waals surface area contributed by atoms with E-state index in [1.807, 2.05) is 0 Å². The molecule has 390 valence electrons. The number of phosphoric ester groups is 1. The van der Waals surface area contributed by atoms with Crippen LogP contribution in [-0.2, 0) is 32.7 Å². The van der Waals surface area contributed by atoms with Gasteiger partial charge >= 0.3 is 19.8 Å². The number of hydrogen-bond acceptors (Lipinski definition) is 8. The molecule has 0 heterocycles. The zero-order chi connectivity index (χ0) is 49.5. The van der Waals surface area contributed by atoms with Crippen LogP contribution in [0.1, 0.15) is 226 Å². The number of allylic oxidation sites excluding steroid dienone is 16. The summed E-state index contributed by atoms with van der Waals surface area (Å²) in [5.41, 5.74) is 5.36. The van der Waals surface area contributed by atoms with Crippen molar-refractivity contribution < 1.29 is 37.6 Å². The fraction of sp³-hybridized carbons (Fsp3) is 0.690. The SMILES string of the molecule is CC/C=C\C/C=C\C/C=C\C/C=C\C/C=C\C/C=C\C/C=C\C/C=C\CCCCCCCCCCCCC(=O)OC(COC(=O)CCCCCCCCCCCCCC)COP(=O)(O)OCCN. The van der Waals surface area contributed by atoms with Crippen LogP contribution in [0.5, 0.6) is 0 Å². The Bertz CT molecular complexity index is 1430. The molecule has 0 saturated carbocycles. The fourth-order valence-electron chi connectivity index (χ4n) is 7.24. The molecular formula is C58H100NO8P. The zero-order valence-corrected chi connectivity index (χ0v) is 44.2. The summed E-state index contributed by atoms with van der Waals surface area (Å²) in [5, 5.41) is 0. The van der Waals surface area contributed by atoms with Crippen LogP contribution in [0.15, 0.2) is 97.2 Å². The Morgan fingerprint density at radius 2 is 0.809 bits per heavy atom. The minimum atomic E-state index is -4.39. The smallest absolute Gasteiger partial charge is 0.462 e. The van der Waals surface area contributed by atoms with E-state index in [9.17, 15) is 19.0 Å². The summed E-state index contributed by atoms with van der Waals surface area (Å²) >= 11 is 0. The second-order valence-electron chi connectivity index (χ2n) is 17.7. The van der Waals surface area contributed by atoms with Gasteiger partial charge in [0, 0.05) is 19.4 Å². The molecule has 0 saturated heterocycles. The third-order valence-electron chi connectivity index (χ3n) is 11.2. The third-order valence-corrected chi connectivity index (χ3v) is 12.2. The predicted molar refractivity (Wildman–Crippen MR) is 288 cm³/mol. The lowest BCUT2D eigenvalue weighted by molar-refractivity contribution is -0.161. The highest BCUT2D eigenvalue weighted by atomic mass is 31.2. The molecule has 0 aromatic heterocycles. The molecule has 2 unspecified atom stereocenters. The van der Waals surface area contributed by atoms with Crippen LogP contribution in [0, 0.1) is 0 Å². The van der Waals surface area contributed by atoms with Gasteiger partial charge in [0.2, 0.25) is 0 Å². The molecule has 0 aliphatic carbocycles. The average Bonchev–Trinajstić information content (AvgIpc) is 3.33. The van der Waals surface area contributed by atoms with Crippen molar-refractivity contribution in [3.05, 3.63) is 97.2 Å². The number of esters is 2. The Kier molecular flexibility index (Phi) is 50.9. The van der Waals surface area contributed by atoms with Gasteiger partial charge in [-0.1, -0.05) is 233 Å². The molecule has 0 aliphatic heterocycles. The summed E-state index contributed by atoms with van der Waals surface area (Å²) < 4.78 is 32.9. The maximum atomic E-state index is 12.7. The molecule has 0 fully saturated rings. The largest absolute Gasteiger partial charge is 0.472 e. The summed E-state index contributed by atoms with van der Waals surface area (Å²) in [4.78, 5) is 35.0. The quantitative estimate of drug-likeness (QED) is 0.0264. The van der Waals surface area contributed by atoms with Crippen molar-refractivity contribution in [3.8, 4) is 0 Å². The number of ether oxygens (including phenoxy) is 2. The first-order valence-electron chi connectivity index (χ1n) is 27.2. The maximum Gasteiger partial charge on any atom is 0.472 e. The zero-order valence-electron chi connectivity index (χ0n) is 43.3. The van der Waals surface area contributed by atoms with Crippen molar-refractivity contribution in [2.45, 2.75) is 232 Å². The van der Waals surface area contributed by atoms with Gasteiger partial charge in [0.15, 0.2) is 6.10 Å². The van der Waals surface area contributed by atoms with Crippen molar-refractivity contribution in [1.82, 2.24) is 0 Å². The van der Waals surface area contributed by atoms with Crippen molar-refractivity contribution in [1.29, 1.82) is 0 Å². The van der Waals surface area contributed by atoms with Crippen LogP contribution in [0.2, 0.25) is 0 Å². The molecule has 0 aliphatic rings. The van der Waals surface area contributed by atoms with Gasteiger partial charge < -0.3 is 20.1 Å². The van der Waals surface area contributed by atoms with Gasteiger partial charge in [-0.3, -0.25) is 18.6 Å². The lowest BCUT2D eigenvalue weighted by atomic mass is 10.0. The van der Waals surface area contributed by atoms with Crippen LogP contribution in [0.4, 0.5) is 0 Å². The Morgan fingerprint density at radius 3 is 1.21 bits per heavy atom. The van der Waals surface area contributed by atoms with Crippen molar-refractivity contribution >= 4 is 19.8 Å². The lowest BCUT2D eigenvalue weighted by Crippen LogP contribution is -2.29.